The van der Waals surface area contributed by atoms with Gasteiger partial charge in [-0.05, 0) is 30.0 Å². The normalized spacial score (nSPS) is 13.7. The molecule has 1 aromatic heterocycles. The Morgan fingerprint density at radius 2 is 1.33 bits per heavy atom. The number of nitrogens with two attached hydrogens (primary N) is 1. The van der Waals surface area contributed by atoms with E-state index in [-0.39, 0.29) is 19.3 Å². The molecule has 2 aromatic carbocycles. The molecule has 1 heterocycles. The van der Waals surface area contributed by atoms with Crippen LogP contribution in [-0.4, -0.2) is 80.1 Å². The zero-order chi connectivity index (χ0) is 31.5. The monoisotopic (exact) mass is 595 g/mol. The fourth-order valence-electron chi connectivity index (χ4n) is 4.42. The van der Waals surface area contributed by atoms with Crippen LogP contribution < -0.4 is 21.7 Å². The summed E-state index contributed by atoms with van der Waals surface area (Å²) in [5.41, 5.74) is 8.26. The lowest BCUT2D eigenvalue weighted by atomic mass is 10.0. The van der Waals surface area contributed by atoms with Gasteiger partial charge < -0.3 is 42.0 Å². The van der Waals surface area contributed by atoms with Crippen LogP contribution in [0.3, 0.4) is 0 Å². The third-order valence-corrected chi connectivity index (χ3v) is 6.64. The van der Waals surface area contributed by atoms with Crippen molar-refractivity contribution < 1.29 is 44.1 Å². The number of nitrogens with one attached hydrogen (secondary N) is 4. The van der Waals surface area contributed by atoms with Crippen molar-refractivity contribution in [3.63, 3.8) is 0 Å². The molecule has 43 heavy (non-hydrogen) atoms. The molecule has 0 aliphatic rings. The first-order chi connectivity index (χ1) is 20.4. The summed E-state index contributed by atoms with van der Waals surface area (Å²) in [5, 5.41) is 35.8. The topological polar surface area (TPSA) is 241 Å². The van der Waals surface area contributed by atoms with Crippen LogP contribution >= 0.6 is 0 Å². The number of aromatic amines is 1. The van der Waals surface area contributed by atoms with Crippen molar-refractivity contribution in [2.75, 3.05) is 0 Å². The molecule has 0 saturated carbocycles. The number of hydrogen-bond acceptors (Lipinski definition) is 7. The Morgan fingerprint density at radius 3 is 1.98 bits per heavy atom. The van der Waals surface area contributed by atoms with Gasteiger partial charge in [-0.1, -0.05) is 48.5 Å². The first-order valence-corrected chi connectivity index (χ1v) is 13.4. The molecule has 3 rings (SSSR count). The van der Waals surface area contributed by atoms with Crippen molar-refractivity contribution >= 4 is 46.5 Å². The second-order valence-electron chi connectivity index (χ2n) is 9.91. The zero-order valence-electron chi connectivity index (χ0n) is 23.0. The number of para-hydroxylation sites is 1. The standard InChI is InChI=1S/C29H33N5O9/c30-19(13-17-15-31-20-9-5-4-8-18(17)20)26(39)32-21(10-11-24(35)36)27(40)33-22(14-25(37)38)28(41)34-23(29(42)43)12-16-6-2-1-3-7-16/h1-9,15,19,21-23,31H,10-14,30H2,(H,32,39)(H,33,40)(H,34,41)(H,35,36)(H,37,38)(H,42,43). The number of aromatic nitrogens is 1. The second-order valence-corrected chi connectivity index (χ2v) is 9.91. The maximum absolute atomic E-state index is 13.2. The molecule has 0 aliphatic heterocycles. The summed E-state index contributed by atoms with van der Waals surface area (Å²) in [6, 6.07) is 9.96. The average molecular weight is 596 g/mol. The number of benzene rings is 2. The largest absolute Gasteiger partial charge is 0.481 e. The smallest absolute Gasteiger partial charge is 0.326 e. The molecule has 9 N–H and O–H groups in total. The maximum Gasteiger partial charge on any atom is 0.326 e. The van der Waals surface area contributed by atoms with Gasteiger partial charge in [0, 0.05) is 29.9 Å². The molecule has 4 unspecified atom stereocenters. The molecule has 0 spiro atoms. The Bertz CT molecular complexity index is 1470. The lowest BCUT2D eigenvalue weighted by molar-refractivity contribution is -0.143. The first-order valence-electron chi connectivity index (χ1n) is 13.4. The number of carbonyl (C=O) groups is 6. The van der Waals surface area contributed by atoms with Gasteiger partial charge in [0.2, 0.25) is 17.7 Å². The van der Waals surface area contributed by atoms with Gasteiger partial charge in [-0.25, -0.2) is 4.79 Å². The van der Waals surface area contributed by atoms with E-state index < -0.39 is 72.6 Å². The lowest BCUT2D eigenvalue weighted by Crippen LogP contribution is -2.57. The van der Waals surface area contributed by atoms with Crippen LogP contribution in [0.5, 0.6) is 0 Å². The van der Waals surface area contributed by atoms with Crippen molar-refractivity contribution in [3.05, 3.63) is 71.9 Å². The van der Waals surface area contributed by atoms with E-state index in [1.807, 2.05) is 24.3 Å². The van der Waals surface area contributed by atoms with Gasteiger partial charge in [0.25, 0.3) is 0 Å². The van der Waals surface area contributed by atoms with Crippen molar-refractivity contribution in [2.24, 2.45) is 5.73 Å². The second kappa shape index (κ2) is 15.1. The molecule has 0 aliphatic carbocycles. The molecule has 3 amide bonds. The number of fused-ring (bicyclic) bond motifs is 1. The minimum atomic E-state index is -1.73. The zero-order valence-corrected chi connectivity index (χ0v) is 23.0. The molecule has 4 atom stereocenters. The van der Waals surface area contributed by atoms with Crippen molar-refractivity contribution in [3.8, 4) is 0 Å². The molecular formula is C29H33N5O9. The van der Waals surface area contributed by atoms with Gasteiger partial charge >= 0.3 is 17.9 Å². The molecule has 0 saturated heterocycles. The SMILES string of the molecule is NC(Cc1c[nH]c2ccccc12)C(=O)NC(CCC(=O)O)C(=O)NC(CC(=O)O)C(=O)NC(Cc1ccccc1)C(=O)O. The predicted molar refractivity (Wildman–Crippen MR) is 153 cm³/mol. The molecule has 0 bridgehead atoms. The van der Waals surface area contributed by atoms with E-state index in [2.05, 4.69) is 20.9 Å². The summed E-state index contributed by atoms with van der Waals surface area (Å²) in [5.74, 6) is -7.01. The van der Waals surface area contributed by atoms with Crippen LogP contribution in [0.25, 0.3) is 10.9 Å². The first kappa shape index (κ1) is 32.3. The highest BCUT2D eigenvalue weighted by Crippen LogP contribution is 2.19. The summed E-state index contributed by atoms with van der Waals surface area (Å²) in [4.78, 5) is 76.6. The minimum Gasteiger partial charge on any atom is -0.481 e. The van der Waals surface area contributed by atoms with Crippen LogP contribution in [0.2, 0.25) is 0 Å². The van der Waals surface area contributed by atoms with Crippen LogP contribution in [-0.2, 0) is 41.6 Å². The van der Waals surface area contributed by atoms with Gasteiger partial charge in [-0.3, -0.25) is 24.0 Å². The fraction of sp³-hybridized carbons (Fsp3) is 0.310. The third kappa shape index (κ3) is 9.67. The van der Waals surface area contributed by atoms with Crippen LogP contribution in [0.15, 0.2) is 60.8 Å². The molecule has 228 valence electrons. The van der Waals surface area contributed by atoms with Gasteiger partial charge in [-0.15, -0.1) is 0 Å². The highest BCUT2D eigenvalue weighted by molar-refractivity contribution is 5.96. The van der Waals surface area contributed by atoms with Crippen LogP contribution in [0.4, 0.5) is 0 Å². The number of hydrogen-bond donors (Lipinski definition) is 8. The van der Waals surface area contributed by atoms with Crippen LogP contribution in [0.1, 0.15) is 30.4 Å². The minimum absolute atomic E-state index is 0.0884. The highest BCUT2D eigenvalue weighted by Gasteiger charge is 2.32. The van der Waals surface area contributed by atoms with E-state index in [1.165, 1.54) is 0 Å². The third-order valence-electron chi connectivity index (χ3n) is 6.64. The molecule has 14 nitrogen and oxygen atoms in total. The summed E-state index contributed by atoms with van der Waals surface area (Å²) >= 11 is 0. The Labute approximate surface area is 245 Å². The number of carbonyl (C=O) groups excluding carboxylic acids is 3. The molecular weight excluding hydrogens is 562 g/mol. The molecule has 14 heteroatoms. The Hall–Kier alpha value is -5.24. The van der Waals surface area contributed by atoms with Crippen molar-refractivity contribution in [1.82, 2.24) is 20.9 Å². The summed E-state index contributed by atoms with van der Waals surface area (Å²) < 4.78 is 0. The van der Waals surface area contributed by atoms with E-state index in [9.17, 15) is 39.0 Å². The van der Waals surface area contributed by atoms with E-state index in [0.29, 0.717) is 5.56 Å². The number of aliphatic carboxylic acids is 3. The van der Waals surface area contributed by atoms with Gasteiger partial charge in [0.15, 0.2) is 0 Å². The highest BCUT2D eigenvalue weighted by atomic mass is 16.4. The number of carboxylic acids is 3. The van der Waals surface area contributed by atoms with E-state index in [4.69, 9.17) is 10.8 Å². The lowest BCUT2D eigenvalue weighted by Gasteiger charge is -2.24. The Kier molecular flexibility index (Phi) is 11.3. The molecule has 0 fully saturated rings. The van der Waals surface area contributed by atoms with Crippen molar-refractivity contribution in [1.29, 1.82) is 0 Å². The van der Waals surface area contributed by atoms with Gasteiger partial charge in [0.05, 0.1) is 12.5 Å². The summed E-state index contributed by atoms with van der Waals surface area (Å²) in [6.07, 6.45) is -0.158. The number of amides is 3. The number of rotatable bonds is 16. The maximum atomic E-state index is 13.2. The summed E-state index contributed by atoms with van der Waals surface area (Å²) in [7, 11) is 0. The van der Waals surface area contributed by atoms with E-state index >= 15 is 0 Å². The van der Waals surface area contributed by atoms with Crippen LogP contribution in [0, 0.1) is 0 Å². The van der Waals surface area contributed by atoms with Gasteiger partial charge in [-0.2, -0.15) is 0 Å². The quantitative estimate of drug-likeness (QED) is 0.111. The van der Waals surface area contributed by atoms with Gasteiger partial charge in [0.1, 0.15) is 18.1 Å². The molecule has 0 radical (unpaired) electrons. The average Bonchev–Trinajstić information content (AvgIpc) is 3.37. The fourth-order valence-corrected chi connectivity index (χ4v) is 4.42. The molecule has 3 aromatic rings. The Morgan fingerprint density at radius 1 is 0.721 bits per heavy atom. The Balaban J connectivity index is 1.71. The van der Waals surface area contributed by atoms with Crippen molar-refractivity contribution in [2.45, 2.75) is 56.3 Å². The predicted octanol–water partition coefficient (Wildman–Crippen LogP) is 0.159. The van der Waals surface area contributed by atoms with E-state index in [1.54, 1.807) is 36.5 Å². The van der Waals surface area contributed by atoms with E-state index in [0.717, 1.165) is 16.5 Å². The number of H-pyrrole nitrogens is 1. The number of carboxylic acid groups (broad SMARTS) is 3. The summed E-state index contributed by atoms with van der Waals surface area (Å²) in [6.45, 7) is 0.